The lowest BCUT2D eigenvalue weighted by Crippen LogP contribution is -2.35. The van der Waals surface area contributed by atoms with Gasteiger partial charge in [-0.25, -0.2) is 0 Å². The van der Waals surface area contributed by atoms with E-state index in [1.54, 1.807) is 38.3 Å². The highest BCUT2D eigenvalue weighted by molar-refractivity contribution is 9.10. The Labute approximate surface area is 158 Å². The van der Waals surface area contributed by atoms with E-state index in [0.29, 0.717) is 12.2 Å². The fourth-order valence-corrected chi connectivity index (χ4v) is 3.43. The molecule has 0 radical (unpaired) electrons. The zero-order valence-corrected chi connectivity index (χ0v) is 16.5. The van der Waals surface area contributed by atoms with Crippen LogP contribution < -0.4 is 4.74 Å². The number of benzene rings is 1. The summed E-state index contributed by atoms with van der Waals surface area (Å²) in [6.07, 6.45) is 2.02. The number of amides is 2. The second-order valence-electron chi connectivity index (χ2n) is 5.37. The number of rotatable bonds is 6. The molecule has 1 aromatic rings. The Balaban J connectivity index is 2.12. The number of methoxy groups -OCH3 is 1. The molecule has 8 heteroatoms. The van der Waals surface area contributed by atoms with Crippen molar-refractivity contribution in [1.82, 2.24) is 4.90 Å². The number of esters is 1. The lowest BCUT2D eigenvalue weighted by atomic mass is 10.2. The van der Waals surface area contributed by atoms with Crippen molar-refractivity contribution in [3.8, 4) is 5.75 Å². The zero-order valence-electron chi connectivity index (χ0n) is 14.1. The molecule has 1 saturated heterocycles. The van der Waals surface area contributed by atoms with Crippen molar-refractivity contribution in [3.05, 3.63) is 33.1 Å². The predicted octanol–water partition coefficient (Wildman–Crippen LogP) is 3.84. The largest absolute Gasteiger partial charge is 0.496 e. The minimum absolute atomic E-state index is 0.250. The lowest BCUT2D eigenvalue weighted by molar-refractivity contribution is -0.150. The number of thioether (sulfide) groups is 1. The summed E-state index contributed by atoms with van der Waals surface area (Å²) in [5.41, 5.74) is 0.736. The number of hydrogen-bond acceptors (Lipinski definition) is 6. The summed E-state index contributed by atoms with van der Waals surface area (Å²) in [4.78, 5) is 37.4. The molecule has 1 heterocycles. The SMILES string of the molecule is CC[C@@H](C)OC(=O)CN1C(=O)S/C(=C/c2ccc(OC)c(Br)c2)C1=O. The van der Waals surface area contributed by atoms with E-state index in [9.17, 15) is 14.4 Å². The summed E-state index contributed by atoms with van der Waals surface area (Å²) < 4.78 is 11.0. The third-order valence-corrected chi connectivity index (χ3v) is 5.07. The molecular weight excluding hydrogens is 410 g/mol. The van der Waals surface area contributed by atoms with Crippen LogP contribution in [-0.2, 0) is 14.3 Å². The molecule has 0 spiro atoms. The van der Waals surface area contributed by atoms with Crippen molar-refractivity contribution < 1.29 is 23.9 Å². The van der Waals surface area contributed by atoms with Gasteiger partial charge in [0.05, 0.1) is 22.6 Å². The first-order valence-electron chi connectivity index (χ1n) is 7.64. The van der Waals surface area contributed by atoms with Crippen LogP contribution >= 0.6 is 27.7 Å². The highest BCUT2D eigenvalue weighted by Crippen LogP contribution is 2.33. The molecule has 0 N–H and O–H groups in total. The van der Waals surface area contributed by atoms with Gasteiger partial charge in [0, 0.05) is 0 Å². The van der Waals surface area contributed by atoms with Gasteiger partial charge in [-0.05, 0) is 64.8 Å². The van der Waals surface area contributed by atoms with Crippen molar-refractivity contribution in [2.75, 3.05) is 13.7 Å². The normalized spacial score (nSPS) is 17.1. The van der Waals surface area contributed by atoms with E-state index in [1.807, 2.05) is 6.92 Å². The van der Waals surface area contributed by atoms with Crippen LogP contribution in [-0.4, -0.2) is 41.8 Å². The van der Waals surface area contributed by atoms with Gasteiger partial charge in [-0.3, -0.25) is 19.3 Å². The van der Waals surface area contributed by atoms with Crippen LogP contribution in [0.5, 0.6) is 5.75 Å². The minimum atomic E-state index is -0.593. The van der Waals surface area contributed by atoms with Crippen LogP contribution in [0.1, 0.15) is 25.8 Å². The van der Waals surface area contributed by atoms with Crippen molar-refractivity contribution in [3.63, 3.8) is 0 Å². The standard InChI is InChI=1S/C17H18BrNO5S/c1-4-10(2)24-15(20)9-19-16(21)14(25-17(19)22)8-11-5-6-13(23-3)12(18)7-11/h5-8,10H,4,9H2,1-3H3/b14-8+/t10-/m1/s1. The van der Waals surface area contributed by atoms with E-state index < -0.39 is 17.1 Å². The number of hydrogen-bond donors (Lipinski definition) is 0. The molecule has 0 saturated carbocycles. The second kappa shape index (κ2) is 8.53. The fraction of sp³-hybridized carbons (Fsp3) is 0.353. The average Bonchev–Trinajstić information content (AvgIpc) is 2.82. The van der Waals surface area contributed by atoms with Gasteiger partial charge in [0.15, 0.2) is 0 Å². The zero-order chi connectivity index (χ0) is 18.6. The Morgan fingerprint density at radius 3 is 2.72 bits per heavy atom. The number of imide groups is 1. The lowest BCUT2D eigenvalue weighted by Gasteiger charge is -2.14. The van der Waals surface area contributed by atoms with Gasteiger partial charge < -0.3 is 9.47 Å². The maximum atomic E-state index is 12.4. The molecular formula is C17H18BrNO5S. The molecule has 0 bridgehead atoms. The van der Waals surface area contributed by atoms with Crippen molar-refractivity contribution in [1.29, 1.82) is 0 Å². The van der Waals surface area contributed by atoms with E-state index in [2.05, 4.69) is 15.9 Å². The average molecular weight is 428 g/mol. The Morgan fingerprint density at radius 2 is 2.12 bits per heavy atom. The third-order valence-electron chi connectivity index (χ3n) is 3.54. The number of carbonyl (C=O) groups is 3. The summed E-state index contributed by atoms with van der Waals surface area (Å²) in [6, 6.07) is 5.31. The first-order chi connectivity index (χ1) is 11.8. The topological polar surface area (TPSA) is 72.9 Å². The summed E-state index contributed by atoms with van der Waals surface area (Å²) in [5.74, 6) is -0.425. The molecule has 6 nitrogen and oxygen atoms in total. The van der Waals surface area contributed by atoms with Crippen LogP contribution in [0.3, 0.4) is 0 Å². The molecule has 1 aliphatic rings. The maximum Gasteiger partial charge on any atom is 0.326 e. The Kier molecular flexibility index (Phi) is 6.66. The van der Waals surface area contributed by atoms with Gasteiger partial charge in [-0.1, -0.05) is 13.0 Å². The van der Waals surface area contributed by atoms with Crippen LogP contribution in [0, 0.1) is 0 Å². The van der Waals surface area contributed by atoms with Crippen molar-refractivity contribution >= 4 is 50.9 Å². The molecule has 0 unspecified atom stereocenters. The number of ether oxygens (including phenoxy) is 2. The fourth-order valence-electron chi connectivity index (χ4n) is 2.03. The Hall–Kier alpha value is -1.80. The molecule has 0 aromatic heterocycles. The van der Waals surface area contributed by atoms with E-state index >= 15 is 0 Å². The van der Waals surface area contributed by atoms with Gasteiger partial charge in [0.25, 0.3) is 11.1 Å². The first-order valence-corrected chi connectivity index (χ1v) is 9.25. The van der Waals surface area contributed by atoms with E-state index in [0.717, 1.165) is 26.7 Å². The van der Waals surface area contributed by atoms with Gasteiger partial charge in [-0.2, -0.15) is 0 Å². The number of halogens is 1. The molecule has 1 aliphatic heterocycles. The monoisotopic (exact) mass is 427 g/mol. The smallest absolute Gasteiger partial charge is 0.326 e. The highest BCUT2D eigenvalue weighted by atomic mass is 79.9. The minimum Gasteiger partial charge on any atom is -0.496 e. The quantitative estimate of drug-likeness (QED) is 0.507. The maximum absolute atomic E-state index is 12.4. The second-order valence-corrected chi connectivity index (χ2v) is 7.22. The summed E-state index contributed by atoms with van der Waals surface area (Å²) >= 11 is 4.18. The predicted molar refractivity (Wildman–Crippen MR) is 99.2 cm³/mol. The summed E-state index contributed by atoms with van der Waals surface area (Å²) in [5, 5.41) is -0.482. The van der Waals surface area contributed by atoms with Gasteiger partial charge in [0.1, 0.15) is 12.3 Å². The highest BCUT2D eigenvalue weighted by Gasteiger charge is 2.36. The summed E-state index contributed by atoms with van der Waals surface area (Å²) in [7, 11) is 1.56. The number of nitrogens with zero attached hydrogens (tertiary/aromatic N) is 1. The van der Waals surface area contributed by atoms with E-state index in [1.165, 1.54) is 0 Å². The van der Waals surface area contributed by atoms with Crippen molar-refractivity contribution in [2.45, 2.75) is 26.4 Å². The van der Waals surface area contributed by atoms with E-state index in [4.69, 9.17) is 9.47 Å². The van der Waals surface area contributed by atoms with Crippen LogP contribution in [0.2, 0.25) is 0 Å². The Bertz CT molecular complexity index is 734. The molecule has 1 atom stereocenters. The first kappa shape index (κ1) is 19.5. The summed E-state index contributed by atoms with van der Waals surface area (Å²) in [6.45, 7) is 3.26. The van der Waals surface area contributed by atoms with Gasteiger partial charge >= 0.3 is 5.97 Å². The van der Waals surface area contributed by atoms with Crippen molar-refractivity contribution in [2.24, 2.45) is 0 Å². The Morgan fingerprint density at radius 1 is 1.40 bits per heavy atom. The molecule has 1 aromatic carbocycles. The molecule has 25 heavy (non-hydrogen) atoms. The van der Waals surface area contributed by atoms with Crippen LogP contribution in [0.25, 0.3) is 6.08 Å². The molecule has 1 fully saturated rings. The molecule has 134 valence electrons. The molecule has 2 amide bonds. The molecule has 0 aliphatic carbocycles. The van der Waals surface area contributed by atoms with Crippen LogP contribution in [0.4, 0.5) is 4.79 Å². The van der Waals surface area contributed by atoms with Gasteiger partial charge in [0.2, 0.25) is 0 Å². The third kappa shape index (κ3) is 4.85. The van der Waals surface area contributed by atoms with Gasteiger partial charge in [-0.15, -0.1) is 0 Å². The van der Waals surface area contributed by atoms with E-state index in [-0.39, 0.29) is 17.6 Å². The number of carbonyl (C=O) groups excluding carboxylic acids is 3. The van der Waals surface area contributed by atoms with Crippen LogP contribution in [0.15, 0.2) is 27.6 Å². The molecule has 2 rings (SSSR count).